The van der Waals surface area contributed by atoms with Crippen LogP contribution in [0.4, 0.5) is 4.39 Å². The van der Waals surface area contributed by atoms with Crippen molar-refractivity contribution in [2.24, 2.45) is 0 Å². The van der Waals surface area contributed by atoms with Crippen LogP contribution in [0.15, 0.2) is 54.7 Å². The molecule has 1 N–H and O–H groups in total. The summed E-state index contributed by atoms with van der Waals surface area (Å²) in [6.07, 6.45) is 1.72. The molecule has 0 aliphatic heterocycles. The van der Waals surface area contributed by atoms with E-state index in [0.29, 0.717) is 17.7 Å². The first kappa shape index (κ1) is 14.2. The minimum absolute atomic E-state index is 0.188. The van der Waals surface area contributed by atoms with Gasteiger partial charge in [0.05, 0.1) is 5.52 Å². The van der Waals surface area contributed by atoms with Crippen LogP contribution in [0.25, 0.3) is 10.9 Å². The first-order valence-electron chi connectivity index (χ1n) is 7.01. The van der Waals surface area contributed by atoms with Crippen LogP contribution >= 0.6 is 0 Å². The van der Waals surface area contributed by atoms with Gasteiger partial charge in [0, 0.05) is 23.7 Å². The molecule has 0 atom stereocenters. The van der Waals surface area contributed by atoms with Gasteiger partial charge in [-0.1, -0.05) is 18.2 Å². The number of halogens is 1. The van der Waals surface area contributed by atoms with Crippen LogP contribution in [0.1, 0.15) is 21.5 Å². The summed E-state index contributed by atoms with van der Waals surface area (Å²) in [6.45, 7) is 2.00. The van der Waals surface area contributed by atoms with Gasteiger partial charge in [-0.15, -0.1) is 0 Å². The average Bonchev–Trinajstić information content (AvgIpc) is 2.55. The number of nitrogens with zero attached hydrogens (tertiary/aromatic N) is 1. The molecule has 0 fully saturated rings. The molecule has 0 aliphatic rings. The van der Waals surface area contributed by atoms with Crippen LogP contribution in [0.5, 0.6) is 0 Å². The number of amides is 1. The van der Waals surface area contributed by atoms with Crippen molar-refractivity contribution in [2.45, 2.75) is 13.5 Å². The van der Waals surface area contributed by atoms with Crippen LogP contribution in [0.3, 0.4) is 0 Å². The number of rotatable bonds is 3. The number of pyridine rings is 1. The van der Waals surface area contributed by atoms with Gasteiger partial charge in [0.25, 0.3) is 5.91 Å². The molecule has 0 saturated carbocycles. The number of carbonyl (C=O) groups excluding carboxylic acids is 1. The zero-order valence-corrected chi connectivity index (χ0v) is 12.1. The standard InChI is InChI=1S/C18H15FN2O/c1-12-4-5-13(9-16(12)19)11-21-18(22)15-6-7-17-14(10-15)3-2-8-20-17/h2-10H,11H2,1H3,(H,21,22). The van der Waals surface area contributed by atoms with Crippen LogP contribution in [0.2, 0.25) is 0 Å². The highest BCUT2D eigenvalue weighted by molar-refractivity contribution is 5.97. The molecule has 1 heterocycles. The highest BCUT2D eigenvalue weighted by Crippen LogP contribution is 2.14. The van der Waals surface area contributed by atoms with Crippen LogP contribution in [-0.4, -0.2) is 10.9 Å². The maximum Gasteiger partial charge on any atom is 0.251 e. The summed E-state index contributed by atoms with van der Waals surface area (Å²) in [5, 5.41) is 3.71. The number of aryl methyl sites for hydroxylation is 1. The van der Waals surface area contributed by atoms with E-state index in [1.54, 1.807) is 31.3 Å². The van der Waals surface area contributed by atoms with E-state index in [0.717, 1.165) is 16.5 Å². The maximum atomic E-state index is 13.5. The normalized spacial score (nSPS) is 10.6. The maximum absolute atomic E-state index is 13.5. The van der Waals surface area contributed by atoms with E-state index in [2.05, 4.69) is 10.3 Å². The van der Waals surface area contributed by atoms with Gasteiger partial charge in [-0.25, -0.2) is 4.39 Å². The van der Waals surface area contributed by atoms with Gasteiger partial charge in [0.1, 0.15) is 5.82 Å². The number of hydrogen-bond acceptors (Lipinski definition) is 2. The van der Waals surface area contributed by atoms with Crippen LogP contribution in [0, 0.1) is 12.7 Å². The van der Waals surface area contributed by atoms with Crippen LogP contribution in [-0.2, 0) is 6.54 Å². The molecule has 0 saturated heterocycles. The first-order valence-corrected chi connectivity index (χ1v) is 7.01. The minimum Gasteiger partial charge on any atom is -0.348 e. The summed E-state index contributed by atoms with van der Waals surface area (Å²) in [4.78, 5) is 16.4. The summed E-state index contributed by atoms with van der Waals surface area (Å²) in [7, 11) is 0. The second-order valence-corrected chi connectivity index (χ2v) is 5.18. The van der Waals surface area contributed by atoms with Gasteiger partial charge in [-0.3, -0.25) is 9.78 Å². The van der Waals surface area contributed by atoms with E-state index >= 15 is 0 Å². The number of carbonyl (C=O) groups is 1. The smallest absolute Gasteiger partial charge is 0.251 e. The Morgan fingerprint density at radius 3 is 2.86 bits per heavy atom. The highest BCUT2D eigenvalue weighted by atomic mass is 19.1. The molecule has 0 spiro atoms. The largest absolute Gasteiger partial charge is 0.348 e. The van der Waals surface area contributed by atoms with Gasteiger partial charge >= 0.3 is 0 Å². The second kappa shape index (κ2) is 5.93. The molecule has 22 heavy (non-hydrogen) atoms. The Labute approximate surface area is 127 Å². The number of benzene rings is 2. The molecule has 110 valence electrons. The Hall–Kier alpha value is -2.75. The Bertz CT molecular complexity index is 845. The molecule has 0 bridgehead atoms. The lowest BCUT2D eigenvalue weighted by atomic mass is 10.1. The second-order valence-electron chi connectivity index (χ2n) is 5.18. The molecule has 4 heteroatoms. The van der Waals surface area contributed by atoms with Gasteiger partial charge in [0.15, 0.2) is 0 Å². The van der Waals surface area contributed by atoms with Crippen molar-refractivity contribution < 1.29 is 9.18 Å². The summed E-state index contributed by atoms with van der Waals surface area (Å²) < 4.78 is 13.5. The lowest BCUT2D eigenvalue weighted by Crippen LogP contribution is -2.22. The molecule has 1 aromatic heterocycles. The van der Waals surface area contributed by atoms with E-state index in [1.807, 2.05) is 24.3 Å². The van der Waals surface area contributed by atoms with Crippen molar-refractivity contribution in [1.82, 2.24) is 10.3 Å². The van der Waals surface area contributed by atoms with Crippen molar-refractivity contribution in [3.05, 3.63) is 77.2 Å². The molecule has 3 aromatic rings. The molecule has 0 aliphatic carbocycles. The summed E-state index contributed by atoms with van der Waals surface area (Å²) in [5.41, 5.74) is 2.74. The Morgan fingerprint density at radius 2 is 2.05 bits per heavy atom. The average molecular weight is 294 g/mol. The van der Waals surface area contributed by atoms with Gasteiger partial charge in [-0.2, -0.15) is 0 Å². The molecular weight excluding hydrogens is 279 g/mol. The fourth-order valence-electron chi connectivity index (χ4n) is 2.25. The van der Waals surface area contributed by atoms with E-state index in [9.17, 15) is 9.18 Å². The van der Waals surface area contributed by atoms with E-state index in [4.69, 9.17) is 0 Å². The lowest BCUT2D eigenvalue weighted by Gasteiger charge is -2.07. The third-order valence-electron chi connectivity index (χ3n) is 3.55. The van der Waals surface area contributed by atoms with Crippen LogP contribution < -0.4 is 5.32 Å². The summed E-state index contributed by atoms with van der Waals surface area (Å²) in [5.74, 6) is -0.449. The first-order chi connectivity index (χ1) is 10.6. The molecule has 0 unspecified atom stereocenters. The van der Waals surface area contributed by atoms with Gasteiger partial charge in [0.2, 0.25) is 0 Å². The zero-order valence-electron chi connectivity index (χ0n) is 12.1. The molecule has 3 rings (SSSR count). The predicted octanol–water partition coefficient (Wildman–Crippen LogP) is 3.61. The number of nitrogens with one attached hydrogen (secondary N) is 1. The predicted molar refractivity (Wildman–Crippen MR) is 84.1 cm³/mol. The monoisotopic (exact) mass is 294 g/mol. The zero-order chi connectivity index (χ0) is 15.5. The third-order valence-corrected chi connectivity index (χ3v) is 3.55. The van der Waals surface area contributed by atoms with Crippen molar-refractivity contribution in [2.75, 3.05) is 0 Å². The van der Waals surface area contributed by atoms with Gasteiger partial charge in [-0.05, 0) is 48.4 Å². The van der Waals surface area contributed by atoms with Crippen molar-refractivity contribution in [1.29, 1.82) is 0 Å². The highest BCUT2D eigenvalue weighted by Gasteiger charge is 2.07. The third kappa shape index (κ3) is 2.96. The fourth-order valence-corrected chi connectivity index (χ4v) is 2.25. The van der Waals surface area contributed by atoms with E-state index in [-0.39, 0.29) is 11.7 Å². The topological polar surface area (TPSA) is 42.0 Å². The number of fused-ring (bicyclic) bond motifs is 1. The summed E-state index contributed by atoms with van der Waals surface area (Å²) in [6, 6.07) is 14.1. The van der Waals surface area contributed by atoms with Crippen molar-refractivity contribution in [3.8, 4) is 0 Å². The Morgan fingerprint density at radius 1 is 1.18 bits per heavy atom. The Balaban J connectivity index is 1.74. The fraction of sp³-hybridized carbons (Fsp3) is 0.111. The number of aromatic nitrogens is 1. The lowest BCUT2D eigenvalue weighted by molar-refractivity contribution is 0.0951. The molecular formula is C18H15FN2O. The van der Waals surface area contributed by atoms with E-state index in [1.165, 1.54) is 6.07 Å². The summed E-state index contributed by atoms with van der Waals surface area (Å²) >= 11 is 0. The number of hydrogen-bond donors (Lipinski definition) is 1. The van der Waals surface area contributed by atoms with E-state index < -0.39 is 0 Å². The SMILES string of the molecule is Cc1ccc(CNC(=O)c2ccc3ncccc3c2)cc1F. The minimum atomic E-state index is -0.261. The van der Waals surface area contributed by atoms with Crippen molar-refractivity contribution >= 4 is 16.8 Å². The van der Waals surface area contributed by atoms with Gasteiger partial charge < -0.3 is 5.32 Å². The molecule has 3 nitrogen and oxygen atoms in total. The molecule has 2 aromatic carbocycles. The van der Waals surface area contributed by atoms with Crippen molar-refractivity contribution in [3.63, 3.8) is 0 Å². The molecule has 0 radical (unpaired) electrons. The quantitative estimate of drug-likeness (QED) is 0.801. The molecule has 1 amide bonds. The Kier molecular flexibility index (Phi) is 3.83.